The lowest BCUT2D eigenvalue weighted by atomic mass is 10.1. The Balaban J connectivity index is 1.35. The van der Waals surface area contributed by atoms with Gasteiger partial charge in [0.25, 0.3) is 0 Å². The summed E-state index contributed by atoms with van der Waals surface area (Å²) in [6.45, 7) is 6.48. The predicted molar refractivity (Wildman–Crippen MR) is 126 cm³/mol. The molecule has 1 aromatic heterocycles. The maximum absolute atomic E-state index is 8.55. The van der Waals surface area contributed by atoms with Gasteiger partial charge in [-0.15, -0.1) is 0 Å². The lowest BCUT2D eigenvalue weighted by Crippen LogP contribution is -2.19. The maximum atomic E-state index is 8.55. The van der Waals surface area contributed by atoms with Gasteiger partial charge < -0.3 is 23.5 Å². The van der Waals surface area contributed by atoms with E-state index in [1.165, 1.54) is 5.69 Å². The summed E-state index contributed by atoms with van der Waals surface area (Å²) in [6, 6.07) is 18.2. The van der Waals surface area contributed by atoms with E-state index < -0.39 is 0 Å². The van der Waals surface area contributed by atoms with Crippen molar-refractivity contribution >= 4 is 0 Å². The predicted octanol–water partition coefficient (Wildman–Crippen LogP) is 5.53. The van der Waals surface area contributed by atoms with Crippen molar-refractivity contribution in [1.29, 1.82) is 0 Å². The second-order valence-electron chi connectivity index (χ2n) is 7.77. The van der Waals surface area contributed by atoms with Crippen LogP contribution in [0.25, 0.3) is 21.7 Å². The highest BCUT2D eigenvalue weighted by Gasteiger charge is 2.16. The third-order valence-corrected chi connectivity index (χ3v) is 5.59. The van der Waals surface area contributed by atoms with Crippen LogP contribution in [0, 0.1) is 6.92 Å². The average molecular weight is 449 g/mol. The van der Waals surface area contributed by atoms with Crippen LogP contribution in [0.1, 0.15) is 18.2 Å². The van der Waals surface area contributed by atoms with E-state index in [0.29, 0.717) is 26.2 Å². The summed E-state index contributed by atoms with van der Waals surface area (Å²) >= 11 is 0. The molecule has 0 aliphatic carbocycles. The van der Waals surface area contributed by atoms with E-state index in [1.807, 2.05) is 43.3 Å². The summed E-state index contributed by atoms with van der Waals surface area (Å²) in [4.78, 5) is 2.83. The van der Waals surface area contributed by atoms with Crippen LogP contribution in [-0.4, -0.2) is 37.2 Å². The molecule has 1 atom stereocenters. The molecule has 4 rings (SSSR count). The number of rotatable bonds is 11. The highest BCUT2D eigenvalue weighted by molar-refractivity contribution is 5.65. The zero-order valence-electron chi connectivity index (χ0n) is 18.9. The van der Waals surface area contributed by atoms with Crippen molar-refractivity contribution in [2.24, 2.45) is 5.11 Å². The molecular formula is C25H28N4O4. The lowest BCUT2D eigenvalue weighted by molar-refractivity contribution is 0.0695. The highest BCUT2D eigenvalue weighted by atomic mass is 16.7. The molecule has 8 heteroatoms. The maximum Gasteiger partial charge on any atom is 0.231 e. The summed E-state index contributed by atoms with van der Waals surface area (Å²) in [6.07, 6.45) is 0.568. The Morgan fingerprint density at radius 3 is 2.70 bits per heavy atom. The normalized spacial score (nSPS) is 12.9. The van der Waals surface area contributed by atoms with E-state index in [9.17, 15) is 0 Å². The van der Waals surface area contributed by atoms with Gasteiger partial charge in [0.1, 0.15) is 12.4 Å². The fourth-order valence-corrected chi connectivity index (χ4v) is 3.95. The van der Waals surface area contributed by atoms with Gasteiger partial charge in [-0.25, -0.2) is 0 Å². The molecule has 2 aromatic carbocycles. The molecule has 0 saturated carbocycles. The monoisotopic (exact) mass is 448 g/mol. The molecule has 0 N–H and O–H groups in total. The molecule has 33 heavy (non-hydrogen) atoms. The standard InChI is InChI=1S/C25H28N4O4/c1-3-30-22(16-27-28-26)14-19-5-8-21(9-6-19)31-13-12-29-18(2)4-10-23(29)20-7-11-24-25(15-20)33-17-32-24/h4-11,15,22H,3,12-14,16-17H2,1-2H3/t22-/m0/s1. The zero-order valence-corrected chi connectivity index (χ0v) is 18.9. The van der Waals surface area contributed by atoms with Crippen LogP contribution < -0.4 is 14.2 Å². The van der Waals surface area contributed by atoms with Crippen molar-refractivity contribution < 1.29 is 18.9 Å². The number of aryl methyl sites for hydroxylation is 1. The molecule has 1 aliphatic rings. The smallest absolute Gasteiger partial charge is 0.231 e. The molecule has 172 valence electrons. The van der Waals surface area contributed by atoms with Crippen molar-refractivity contribution in [1.82, 2.24) is 4.57 Å². The van der Waals surface area contributed by atoms with Crippen molar-refractivity contribution in [3.8, 4) is 28.5 Å². The van der Waals surface area contributed by atoms with Crippen LogP contribution in [0.4, 0.5) is 0 Å². The van der Waals surface area contributed by atoms with Crippen LogP contribution in [0.15, 0.2) is 59.7 Å². The fraction of sp³-hybridized carbons (Fsp3) is 0.360. The van der Waals surface area contributed by atoms with Crippen LogP contribution in [0.2, 0.25) is 0 Å². The van der Waals surface area contributed by atoms with Crippen molar-refractivity contribution in [3.63, 3.8) is 0 Å². The fourth-order valence-electron chi connectivity index (χ4n) is 3.95. The topological polar surface area (TPSA) is 90.6 Å². The van der Waals surface area contributed by atoms with Crippen LogP contribution in [-0.2, 0) is 17.7 Å². The highest BCUT2D eigenvalue weighted by Crippen LogP contribution is 2.36. The van der Waals surface area contributed by atoms with Gasteiger partial charge in [0, 0.05) is 28.5 Å². The first-order valence-electron chi connectivity index (χ1n) is 11.1. The molecular weight excluding hydrogens is 420 g/mol. The summed E-state index contributed by atoms with van der Waals surface area (Å²) < 4.78 is 24.9. The van der Waals surface area contributed by atoms with Gasteiger partial charge in [0.2, 0.25) is 6.79 Å². The minimum Gasteiger partial charge on any atom is -0.492 e. The molecule has 0 fully saturated rings. The van der Waals surface area contributed by atoms with Crippen LogP contribution >= 0.6 is 0 Å². The number of azide groups is 1. The van der Waals surface area contributed by atoms with Gasteiger partial charge in [0.05, 0.1) is 19.2 Å². The molecule has 0 bridgehead atoms. The van der Waals surface area contributed by atoms with Crippen molar-refractivity contribution in [2.75, 3.05) is 26.6 Å². The molecule has 0 amide bonds. The lowest BCUT2D eigenvalue weighted by Gasteiger charge is -2.15. The molecule has 0 unspecified atom stereocenters. The summed E-state index contributed by atoms with van der Waals surface area (Å²) in [5.74, 6) is 2.38. The first kappa shape index (κ1) is 22.6. The Hall–Kier alpha value is -3.61. The number of aromatic nitrogens is 1. The van der Waals surface area contributed by atoms with E-state index in [2.05, 4.69) is 39.7 Å². The molecule has 8 nitrogen and oxygen atoms in total. The third-order valence-electron chi connectivity index (χ3n) is 5.59. The second kappa shape index (κ2) is 10.8. The summed E-state index contributed by atoms with van der Waals surface area (Å²) in [5, 5.41) is 3.64. The SMILES string of the molecule is CCO[C@H](CN=[N+]=[N-])Cc1ccc(OCCn2c(C)ccc2-c2ccc3c(c2)OCO3)cc1. The average Bonchev–Trinajstić information content (AvgIpc) is 3.45. The number of hydrogen-bond donors (Lipinski definition) is 0. The summed E-state index contributed by atoms with van der Waals surface area (Å²) in [5.41, 5.74) is 13.0. The molecule has 2 heterocycles. The minimum atomic E-state index is -0.121. The van der Waals surface area contributed by atoms with Crippen LogP contribution in [0.3, 0.4) is 0 Å². The van der Waals surface area contributed by atoms with E-state index >= 15 is 0 Å². The van der Waals surface area contributed by atoms with Crippen molar-refractivity contribution in [3.05, 3.63) is 76.3 Å². The Bertz CT molecular complexity index is 1120. The molecule has 0 radical (unpaired) electrons. The summed E-state index contributed by atoms with van der Waals surface area (Å²) in [7, 11) is 0. The van der Waals surface area contributed by atoms with Gasteiger partial charge in [-0.3, -0.25) is 0 Å². The first-order valence-corrected chi connectivity index (χ1v) is 11.1. The van der Waals surface area contributed by atoms with Gasteiger partial charge in [-0.2, -0.15) is 0 Å². The largest absolute Gasteiger partial charge is 0.492 e. The quantitative estimate of drug-likeness (QED) is 0.219. The van der Waals surface area contributed by atoms with Gasteiger partial charge in [-0.05, 0) is 73.8 Å². The van der Waals surface area contributed by atoms with Crippen LogP contribution in [0.5, 0.6) is 17.2 Å². The van der Waals surface area contributed by atoms with E-state index in [4.69, 9.17) is 24.5 Å². The molecule has 1 aliphatic heterocycles. The molecule has 0 spiro atoms. The Morgan fingerprint density at radius 2 is 1.91 bits per heavy atom. The van der Waals surface area contributed by atoms with Gasteiger partial charge in [-0.1, -0.05) is 17.2 Å². The number of hydrogen-bond acceptors (Lipinski definition) is 5. The number of fused-ring (bicyclic) bond motifs is 1. The Morgan fingerprint density at radius 1 is 1.09 bits per heavy atom. The van der Waals surface area contributed by atoms with Gasteiger partial charge in [0.15, 0.2) is 11.5 Å². The zero-order chi connectivity index (χ0) is 23.0. The number of ether oxygens (including phenoxy) is 4. The third kappa shape index (κ3) is 5.61. The van der Waals surface area contributed by atoms with Gasteiger partial charge >= 0.3 is 0 Å². The second-order valence-corrected chi connectivity index (χ2v) is 7.77. The Labute approximate surface area is 193 Å². The van der Waals surface area contributed by atoms with E-state index in [-0.39, 0.29) is 12.9 Å². The minimum absolute atomic E-state index is 0.121. The number of benzene rings is 2. The van der Waals surface area contributed by atoms with Crippen molar-refractivity contribution in [2.45, 2.75) is 32.9 Å². The van der Waals surface area contributed by atoms with E-state index in [0.717, 1.165) is 40.6 Å². The molecule has 3 aromatic rings. The number of nitrogens with zero attached hydrogens (tertiary/aromatic N) is 4. The molecule has 0 saturated heterocycles. The Kier molecular flexibility index (Phi) is 7.40. The van der Waals surface area contributed by atoms with E-state index in [1.54, 1.807) is 0 Å². The first-order chi connectivity index (χ1) is 16.2.